The van der Waals surface area contributed by atoms with Crippen LogP contribution in [0.1, 0.15) is 191 Å². The van der Waals surface area contributed by atoms with Crippen molar-refractivity contribution in [2.45, 2.75) is 161 Å². The molecule has 3 aliphatic carbocycles. The molecule has 1 unspecified atom stereocenters. The molecule has 641 valence electrons. The zero-order valence-electron chi connectivity index (χ0n) is 74.4. The number of pyridine rings is 3. The van der Waals surface area contributed by atoms with Crippen LogP contribution in [0.4, 0.5) is 17.1 Å². The molecule has 13 aromatic carbocycles. The van der Waals surface area contributed by atoms with Crippen molar-refractivity contribution in [1.82, 2.24) is 15.0 Å². The van der Waals surface area contributed by atoms with Gasteiger partial charge in [-0.25, -0.2) is 0 Å². The molecule has 7 nitrogen and oxygen atoms in total. The molecule has 0 amide bonds. The quantitative estimate of drug-likeness (QED) is 0.0328. The minimum Gasteiger partial charge on any atom is -0.494 e. The van der Waals surface area contributed by atoms with Crippen LogP contribution in [0.5, 0.6) is 23.0 Å². The summed E-state index contributed by atoms with van der Waals surface area (Å²) < 4.78 is 20.1. The molecule has 0 N–H and O–H groups in total. The van der Waals surface area contributed by atoms with Crippen LogP contribution in [-0.2, 0) is 37.4 Å². The van der Waals surface area contributed by atoms with Gasteiger partial charge in [0.2, 0.25) is 0 Å². The van der Waals surface area contributed by atoms with Crippen molar-refractivity contribution in [2.24, 2.45) is 0 Å². The second kappa shape index (κ2) is 40.9. The largest absolute Gasteiger partial charge is 0.494 e. The van der Waals surface area contributed by atoms with Crippen LogP contribution < -0.4 is 19.1 Å². The predicted octanol–water partition coefficient (Wildman–Crippen LogP) is 32.1. The maximum atomic E-state index is 7.02. The Morgan fingerprint density at radius 1 is 0.328 bits per heavy atom. The number of rotatable bonds is 30. The molecule has 0 saturated heterocycles. The normalized spacial score (nSPS) is 13.4. The smallest absolute Gasteiger partial charge is 0.152 e. The molecule has 0 fully saturated rings. The van der Waals surface area contributed by atoms with Gasteiger partial charge in [-0.2, -0.15) is 0 Å². The van der Waals surface area contributed by atoms with Crippen molar-refractivity contribution in [3.05, 3.63) is 420 Å². The molecule has 0 saturated carbocycles. The topological polar surface area (TPSA) is 69.6 Å². The number of nitrogens with zero attached hydrogens (tertiary/aromatic N) is 4. The molecule has 4 heterocycles. The zero-order valence-corrected chi connectivity index (χ0v) is 76.8. The van der Waals surface area contributed by atoms with E-state index in [9.17, 15) is 0 Å². The fourth-order valence-electron chi connectivity index (χ4n) is 19.6. The third-order valence-electron chi connectivity index (χ3n) is 26.1. The van der Waals surface area contributed by atoms with Crippen molar-refractivity contribution in [3.8, 4) is 112 Å². The molecule has 1 spiro atoms. The number of hydrogen-bond acceptors (Lipinski definition) is 7. The second-order valence-corrected chi connectivity index (χ2v) is 34.5. The van der Waals surface area contributed by atoms with Crippen LogP contribution in [0.2, 0.25) is 0 Å². The second-order valence-electron chi connectivity index (χ2n) is 34.5. The third kappa shape index (κ3) is 18.1. The number of unbranched alkanes of at least 4 members (excludes halogenated alkanes) is 14. The van der Waals surface area contributed by atoms with Gasteiger partial charge in [-0.1, -0.05) is 304 Å². The number of hydrogen-bond donors (Lipinski definition) is 0. The van der Waals surface area contributed by atoms with E-state index in [1.54, 1.807) is 6.20 Å². The Labute approximate surface area is 771 Å². The maximum Gasteiger partial charge on any atom is 0.152 e. The number of fused-ring (bicyclic) bond motifs is 15. The molecular formula is C120H112IrN4O3-2. The van der Waals surface area contributed by atoms with Gasteiger partial charge in [0.15, 0.2) is 11.5 Å². The number of ether oxygens (including phenoxy) is 3. The number of aromatic nitrogens is 3. The van der Waals surface area contributed by atoms with Crippen molar-refractivity contribution >= 4 is 17.1 Å². The first-order chi connectivity index (χ1) is 62.7. The van der Waals surface area contributed by atoms with Crippen LogP contribution in [-0.4, -0.2) is 28.2 Å². The minimum absolute atomic E-state index is 0. The number of aryl methyl sites for hydroxylation is 3. The standard InChI is InChI=1S/C98H95N2O3.C11H9N.C11H8N.Ir/c1-6-9-12-15-18-23-59-101-79-48-42-76(43-49-79)97(77-44-50-80(51-45-77)102-60-24-19-16-13-10-7-2)88-61-67(4)30-52-81(88)82-53-38-72(63-89(82)97)73-39-54-83-84-55-40-74(65-91(84)98(90(83)64-73)86-28-22-21-27-85(86)96-87(98)29-25-58-99-96)75-41-57-93-95(66-75)103-94-62-68(5)31-56-92(94)100(93)78-46-36-71(37-47-78)70-34-32-69(33-35-70)26-20-17-14-11-8-3;2*1-2-6-10(7-3-1)11-8-4-5-9-12-11;/h21-22,25,28-58,61-66H,6-20,23-24,26,59-60H2,1-5H3;1-9H;1-6,8-9H;/q-1;;-1;. The molecule has 16 aromatic rings. The summed E-state index contributed by atoms with van der Waals surface area (Å²) in [7, 11) is 0. The van der Waals surface area contributed by atoms with Crippen LogP contribution >= 0.6 is 0 Å². The van der Waals surface area contributed by atoms with Gasteiger partial charge in [0, 0.05) is 55.4 Å². The molecule has 1 atom stereocenters. The molecule has 20 rings (SSSR count). The monoisotopic (exact) mass is 1850 g/mol. The molecule has 1 aliphatic heterocycles. The van der Waals surface area contributed by atoms with Gasteiger partial charge in [-0.15, -0.1) is 71.3 Å². The third-order valence-corrected chi connectivity index (χ3v) is 26.1. The summed E-state index contributed by atoms with van der Waals surface area (Å²) in [5.41, 5.74) is 33.5. The summed E-state index contributed by atoms with van der Waals surface area (Å²) in [6.07, 6.45) is 27.9. The van der Waals surface area contributed by atoms with E-state index in [4.69, 9.17) is 19.2 Å². The van der Waals surface area contributed by atoms with Gasteiger partial charge in [-0.05, 0) is 254 Å². The summed E-state index contributed by atoms with van der Waals surface area (Å²) in [5.74, 6) is 3.47. The van der Waals surface area contributed by atoms with E-state index >= 15 is 0 Å². The van der Waals surface area contributed by atoms with Crippen molar-refractivity contribution in [2.75, 3.05) is 18.1 Å². The van der Waals surface area contributed by atoms with Gasteiger partial charge in [0.1, 0.15) is 11.5 Å². The predicted molar refractivity (Wildman–Crippen MR) is 526 cm³/mol. The first kappa shape index (κ1) is 87.2. The van der Waals surface area contributed by atoms with Gasteiger partial charge in [0.05, 0.1) is 35.7 Å². The Kier molecular flexibility index (Phi) is 27.8. The van der Waals surface area contributed by atoms with E-state index in [1.165, 1.54) is 185 Å². The number of anilines is 3. The SMILES string of the molecule is CCCCCCCCOc1ccc(C2(c3ccc(OCCCCCCCC)cc3)c3cc(C)ccc3-c3ccc(-c4ccc5c(c4)C4(c6ccc[c-]c6-c6ncccc64)c4cc(-c6ccc7c(c6)Oc6cc(C)ccc6N7c6ccc(-c7ccc(CCCCCCC)cc7)cc6)ccc4-5)cc32)cc1.[Ir].[c-]1ccccc1-c1ccccn1.c1ccc(-c2ccccn2)cc1. The first-order valence-electron chi connectivity index (χ1n) is 46.5. The van der Waals surface area contributed by atoms with Crippen molar-refractivity contribution < 1.29 is 34.3 Å². The van der Waals surface area contributed by atoms with Gasteiger partial charge >= 0.3 is 0 Å². The van der Waals surface area contributed by atoms with E-state index in [2.05, 4.69) is 304 Å². The summed E-state index contributed by atoms with van der Waals surface area (Å²) in [6, 6.07) is 126. The van der Waals surface area contributed by atoms with Crippen molar-refractivity contribution in [3.63, 3.8) is 0 Å². The Hall–Kier alpha value is -12.8. The van der Waals surface area contributed by atoms with Gasteiger partial charge < -0.3 is 29.1 Å². The molecule has 0 bridgehead atoms. The summed E-state index contributed by atoms with van der Waals surface area (Å²) in [4.78, 5) is 16.0. The van der Waals surface area contributed by atoms with E-state index in [1.807, 2.05) is 97.3 Å². The van der Waals surface area contributed by atoms with Crippen LogP contribution in [0.3, 0.4) is 0 Å². The molecular weight excluding hydrogens is 1740 g/mol. The molecule has 3 aromatic heterocycles. The van der Waals surface area contributed by atoms with Crippen LogP contribution in [0.25, 0.3) is 89.4 Å². The Balaban J connectivity index is 0.000000396. The van der Waals surface area contributed by atoms with Gasteiger partial charge in [0.25, 0.3) is 0 Å². The van der Waals surface area contributed by atoms with Crippen LogP contribution in [0, 0.1) is 26.0 Å². The fraction of sp³-hybridized carbons (Fsp3) is 0.225. The summed E-state index contributed by atoms with van der Waals surface area (Å²) in [6.45, 7) is 12.6. The summed E-state index contributed by atoms with van der Waals surface area (Å²) in [5, 5.41) is 0. The van der Waals surface area contributed by atoms with Crippen molar-refractivity contribution in [1.29, 1.82) is 0 Å². The van der Waals surface area contributed by atoms with E-state index in [0.29, 0.717) is 0 Å². The Morgan fingerprint density at radius 3 is 1.37 bits per heavy atom. The maximum absolute atomic E-state index is 7.02. The van der Waals surface area contributed by atoms with Crippen LogP contribution in [0.15, 0.2) is 346 Å². The molecule has 128 heavy (non-hydrogen) atoms. The Morgan fingerprint density at radius 2 is 0.789 bits per heavy atom. The minimum atomic E-state index is -0.695. The van der Waals surface area contributed by atoms with E-state index in [-0.39, 0.29) is 20.1 Å². The number of benzene rings is 13. The first-order valence-corrected chi connectivity index (χ1v) is 46.5. The fourth-order valence-corrected chi connectivity index (χ4v) is 19.6. The average Bonchev–Trinajstić information content (AvgIpc) is 1.50. The molecule has 1 radical (unpaired) electrons. The van der Waals surface area contributed by atoms with E-state index in [0.717, 1.165) is 134 Å². The van der Waals surface area contributed by atoms with E-state index < -0.39 is 10.8 Å². The molecule has 8 heteroatoms. The average molecular weight is 1850 g/mol. The summed E-state index contributed by atoms with van der Waals surface area (Å²) >= 11 is 0. The van der Waals surface area contributed by atoms with Gasteiger partial charge in [-0.3, -0.25) is 4.98 Å². The molecule has 4 aliphatic rings. The zero-order chi connectivity index (χ0) is 86.3. The Bertz CT molecular complexity index is 6160.